The van der Waals surface area contributed by atoms with Gasteiger partial charge in [-0.2, -0.15) is 0 Å². The van der Waals surface area contributed by atoms with Crippen LogP contribution in [0.5, 0.6) is 0 Å². The molecule has 1 N–H and O–H groups in total. The number of hydrogen-bond acceptors (Lipinski definition) is 3. The largest absolute Gasteiger partial charge is 0.352 e. The van der Waals surface area contributed by atoms with Gasteiger partial charge in [0.15, 0.2) is 6.29 Å². The average Bonchev–Trinajstić information content (AvgIpc) is 2.80. The molecule has 3 nitrogen and oxygen atoms in total. The molecular formula is C16H31NO2. The van der Waals surface area contributed by atoms with Gasteiger partial charge in [-0.3, -0.25) is 0 Å². The summed E-state index contributed by atoms with van der Waals surface area (Å²) in [7, 11) is 0. The fraction of sp³-hybridized carbons (Fsp3) is 1.00. The molecule has 0 aliphatic heterocycles. The zero-order chi connectivity index (χ0) is 14.1. The Kier molecular flexibility index (Phi) is 4.59. The van der Waals surface area contributed by atoms with Crippen LogP contribution in [0.3, 0.4) is 0 Å². The second-order valence-electron chi connectivity index (χ2n) is 7.10. The van der Waals surface area contributed by atoms with Crippen LogP contribution >= 0.6 is 0 Å². The zero-order valence-electron chi connectivity index (χ0n) is 13.3. The minimum Gasteiger partial charge on any atom is -0.352 e. The maximum Gasteiger partial charge on any atom is 0.169 e. The van der Waals surface area contributed by atoms with Crippen molar-refractivity contribution in [3.05, 3.63) is 0 Å². The molecule has 0 spiro atoms. The molecule has 0 heterocycles. The molecule has 0 aromatic heterocycles. The quantitative estimate of drug-likeness (QED) is 0.720. The number of nitrogens with one attached hydrogen (secondary N) is 1. The molecule has 3 atom stereocenters. The molecular weight excluding hydrogens is 238 g/mol. The molecule has 0 saturated heterocycles. The van der Waals surface area contributed by atoms with Gasteiger partial charge in [0, 0.05) is 25.8 Å². The van der Waals surface area contributed by atoms with Crippen molar-refractivity contribution in [1.82, 2.24) is 5.32 Å². The van der Waals surface area contributed by atoms with Crippen LogP contribution in [0.1, 0.15) is 53.9 Å². The van der Waals surface area contributed by atoms with Crippen LogP contribution in [-0.2, 0) is 9.47 Å². The molecule has 3 heteroatoms. The summed E-state index contributed by atoms with van der Waals surface area (Å²) in [5.74, 6) is 0.882. The summed E-state index contributed by atoms with van der Waals surface area (Å²) in [6.07, 6.45) is 4.05. The van der Waals surface area contributed by atoms with Gasteiger partial charge in [0.25, 0.3) is 0 Å². The van der Waals surface area contributed by atoms with Crippen LogP contribution in [0.25, 0.3) is 0 Å². The lowest BCUT2D eigenvalue weighted by Gasteiger charge is -2.43. The Balaban J connectivity index is 1.94. The molecule has 19 heavy (non-hydrogen) atoms. The van der Waals surface area contributed by atoms with E-state index < -0.39 is 0 Å². The highest BCUT2D eigenvalue weighted by molar-refractivity contribution is 5.11. The van der Waals surface area contributed by atoms with Gasteiger partial charge in [0.2, 0.25) is 0 Å². The molecule has 0 aromatic rings. The number of rotatable bonds is 7. The van der Waals surface area contributed by atoms with Gasteiger partial charge in [-0.05, 0) is 49.9 Å². The van der Waals surface area contributed by atoms with Crippen molar-refractivity contribution in [2.24, 2.45) is 16.7 Å². The fourth-order valence-corrected chi connectivity index (χ4v) is 4.56. The lowest BCUT2D eigenvalue weighted by molar-refractivity contribution is -0.136. The summed E-state index contributed by atoms with van der Waals surface area (Å²) < 4.78 is 11.3. The summed E-state index contributed by atoms with van der Waals surface area (Å²) in [4.78, 5) is 0. The standard InChI is InChI=1S/C16H31NO2/c1-6-18-13(19-7-2)11-17-14-15(3,4)12-8-9-16(14,5)10-12/h12-14,17H,6-11H2,1-5H3/t12-,14?,16+/m0/s1. The first-order valence-corrected chi connectivity index (χ1v) is 7.90. The van der Waals surface area contributed by atoms with E-state index >= 15 is 0 Å². The molecule has 0 aromatic carbocycles. The Bertz CT molecular complexity index is 294. The topological polar surface area (TPSA) is 30.5 Å². The van der Waals surface area contributed by atoms with Crippen molar-refractivity contribution in [3.63, 3.8) is 0 Å². The molecule has 2 aliphatic rings. The smallest absolute Gasteiger partial charge is 0.169 e. The SMILES string of the molecule is CCOC(CNC1C(C)(C)[C@H]2CC[C@]1(C)C2)OCC. The first kappa shape index (κ1) is 15.3. The maximum atomic E-state index is 5.64. The van der Waals surface area contributed by atoms with Crippen molar-refractivity contribution in [1.29, 1.82) is 0 Å². The summed E-state index contributed by atoms with van der Waals surface area (Å²) in [6.45, 7) is 13.6. The van der Waals surface area contributed by atoms with E-state index in [0.717, 1.165) is 12.5 Å². The molecule has 0 radical (unpaired) electrons. The van der Waals surface area contributed by atoms with E-state index in [1.807, 2.05) is 13.8 Å². The van der Waals surface area contributed by atoms with Crippen LogP contribution in [0.15, 0.2) is 0 Å². The van der Waals surface area contributed by atoms with E-state index in [9.17, 15) is 0 Å². The Hall–Kier alpha value is -0.120. The monoisotopic (exact) mass is 269 g/mol. The molecule has 2 fully saturated rings. The molecule has 2 rings (SSSR count). The van der Waals surface area contributed by atoms with Gasteiger partial charge in [-0.1, -0.05) is 20.8 Å². The van der Waals surface area contributed by atoms with Gasteiger partial charge in [0.1, 0.15) is 0 Å². The van der Waals surface area contributed by atoms with Crippen molar-refractivity contribution in [2.45, 2.75) is 66.2 Å². The Morgan fingerprint density at radius 3 is 2.26 bits per heavy atom. The van der Waals surface area contributed by atoms with E-state index in [4.69, 9.17) is 9.47 Å². The van der Waals surface area contributed by atoms with E-state index in [1.165, 1.54) is 19.3 Å². The second kappa shape index (κ2) is 5.71. The highest BCUT2D eigenvalue weighted by Crippen LogP contribution is 2.62. The Morgan fingerprint density at radius 2 is 1.79 bits per heavy atom. The molecule has 1 unspecified atom stereocenters. The Morgan fingerprint density at radius 1 is 1.16 bits per heavy atom. The summed E-state index contributed by atoms with van der Waals surface area (Å²) >= 11 is 0. The summed E-state index contributed by atoms with van der Waals surface area (Å²) in [5, 5.41) is 3.76. The maximum absolute atomic E-state index is 5.64. The predicted molar refractivity (Wildman–Crippen MR) is 78.1 cm³/mol. The van der Waals surface area contributed by atoms with Crippen LogP contribution < -0.4 is 5.32 Å². The van der Waals surface area contributed by atoms with Gasteiger partial charge in [-0.15, -0.1) is 0 Å². The first-order chi connectivity index (χ1) is 8.94. The third-order valence-corrected chi connectivity index (χ3v) is 5.46. The van der Waals surface area contributed by atoms with Crippen LogP contribution in [-0.4, -0.2) is 32.1 Å². The van der Waals surface area contributed by atoms with Gasteiger partial charge in [-0.25, -0.2) is 0 Å². The van der Waals surface area contributed by atoms with E-state index in [-0.39, 0.29) is 6.29 Å². The van der Waals surface area contributed by atoms with Crippen molar-refractivity contribution >= 4 is 0 Å². The highest BCUT2D eigenvalue weighted by atomic mass is 16.7. The first-order valence-electron chi connectivity index (χ1n) is 7.90. The lowest BCUT2D eigenvalue weighted by Crippen LogP contribution is -2.52. The van der Waals surface area contributed by atoms with Gasteiger partial charge < -0.3 is 14.8 Å². The van der Waals surface area contributed by atoms with Crippen molar-refractivity contribution in [3.8, 4) is 0 Å². The van der Waals surface area contributed by atoms with E-state index in [0.29, 0.717) is 30.1 Å². The molecule has 2 aliphatic carbocycles. The van der Waals surface area contributed by atoms with Crippen molar-refractivity contribution in [2.75, 3.05) is 19.8 Å². The minimum absolute atomic E-state index is 0.103. The zero-order valence-corrected chi connectivity index (χ0v) is 13.3. The summed E-state index contributed by atoms with van der Waals surface area (Å²) in [5.41, 5.74) is 0.868. The molecule has 2 bridgehead atoms. The third kappa shape index (κ3) is 2.84. The molecule has 2 saturated carbocycles. The molecule has 0 amide bonds. The number of hydrogen-bond donors (Lipinski definition) is 1. The second-order valence-corrected chi connectivity index (χ2v) is 7.10. The molecule has 112 valence electrons. The summed E-state index contributed by atoms with van der Waals surface area (Å²) in [6, 6.07) is 0.585. The minimum atomic E-state index is -0.103. The van der Waals surface area contributed by atoms with E-state index in [1.54, 1.807) is 0 Å². The number of ether oxygens (including phenoxy) is 2. The van der Waals surface area contributed by atoms with E-state index in [2.05, 4.69) is 26.1 Å². The van der Waals surface area contributed by atoms with Crippen LogP contribution in [0.4, 0.5) is 0 Å². The Labute approximate surface area is 118 Å². The van der Waals surface area contributed by atoms with Gasteiger partial charge >= 0.3 is 0 Å². The third-order valence-electron chi connectivity index (χ3n) is 5.46. The number of fused-ring (bicyclic) bond motifs is 2. The predicted octanol–water partition coefficient (Wildman–Crippen LogP) is 3.19. The van der Waals surface area contributed by atoms with Crippen LogP contribution in [0, 0.1) is 16.7 Å². The highest BCUT2D eigenvalue weighted by Gasteiger charge is 2.58. The lowest BCUT2D eigenvalue weighted by atomic mass is 9.68. The average molecular weight is 269 g/mol. The fourth-order valence-electron chi connectivity index (χ4n) is 4.56. The van der Waals surface area contributed by atoms with Crippen molar-refractivity contribution < 1.29 is 9.47 Å². The van der Waals surface area contributed by atoms with Gasteiger partial charge in [0.05, 0.1) is 0 Å². The normalized spacial score (nSPS) is 36.3. The van der Waals surface area contributed by atoms with Crippen LogP contribution in [0.2, 0.25) is 0 Å².